The van der Waals surface area contributed by atoms with Crippen molar-refractivity contribution in [2.45, 2.75) is 12.8 Å². The predicted molar refractivity (Wildman–Crippen MR) is 127 cm³/mol. The van der Waals surface area contributed by atoms with Gasteiger partial charge in [-0.05, 0) is 67.9 Å². The lowest BCUT2D eigenvalue weighted by Gasteiger charge is -2.17. The summed E-state index contributed by atoms with van der Waals surface area (Å²) >= 11 is 0. The van der Waals surface area contributed by atoms with Crippen LogP contribution in [0.15, 0.2) is 42.5 Å². The quantitative estimate of drug-likeness (QED) is 0.379. The largest absolute Gasteiger partial charge is 0.497 e. The first kappa shape index (κ1) is 25.1. The van der Waals surface area contributed by atoms with E-state index in [1.807, 2.05) is 24.3 Å². The third kappa shape index (κ3) is 8.15. The Labute approximate surface area is 190 Å². The van der Waals surface area contributed by atoms with Crippen LogP contribution >= 0.6 is 0 Å². The number of rotatable bonds is 13. The fraction of sp³-hybridized carbons (Fsp3) is 0.400. The first-order valence-electron chi connectivity index (χ1n) is 10.6. The maximum Gasteiger partial charge on any atom is 0.243 e. The summed E-state index contributed by atoms with van der Waals surface area (Å²) in [7, 11) is 8.55. The molecule has 0 unspecified atom stereocenters. The molecule has 1 amide bonds. The van der Waals surface area contributed by atoms with Crippen LogP contribution in [0.1, 0.15) is 17.5 Å². The summed E-state index contributed by atoms with van der Waals surface area (Å²) in [4.78, 5) is 14.3. The zero-order valence-electron chi connectivity index (χ0n) is 19.6. The Morgan fingerprint density at radius 3 is 2.22 bits per heavy atom. The minimum atomic E-state index is -0.125. The first-order valence-corrected chi connectivity index (χ1v) is 10.6. The zero-order chi connectivity index (χ0) is 23.3. The highest BCUT2D eigenvalue weighted by atomic mass is 16.5. The summed E-state index contributed by atoms with van der Waals surface area (Å²) in [6.45, 7) is 2.43. The summed E-state index contributed by atoms with van der Waals surface area (Å²) in [5.41, 5.74) is 2.04. The third-order valence-electron chi connectivity index (χ3n) is 5.05. The van der Waals surface area contributed by atoms with E-state index < -0.39 is 0 Å². The van der Waals surface area contributed by atoms with Crippen LogP contribution in [0.25, 0.3) is 6.08 Å². The van der Waals surface area contributed by atoms with Crippen molar-refractivity contribution < 1.29 is 23.7 Å². The normalized spacial score (nSPS) is 10.9. The van der Waals surface area contributed by atoms with Crippen molar-refractivity contribution in [3.63, 3.8) is 0 Å². The number of carbonyl (C=O) groups excluding carboxylic acids is 1. The van der Waals surface area contributed by atoms with Crippen LogP contribution in [0.4, 0.5) is 0 Å². The minimum Gasteiger partial charge on any atom is -0.497 e. The second-order valence-corrected chi connectivity index (χ2v) is 7.37. The van der Waals surface area contributed by atoms with Gasteiger partial charge in [0.1, 0.15) is 11.5 Å². The molecule has 0 aliphatic heterocycles. The molecule has 0 aliphatic carbocycles. The molecule has 174 valence electrons. The molecule has 2 rings (SSSR count). The van der Waals surface area contributed by atoms with Crippen molar-refractivity contribution >= 4 is 12.0 Å². The molecule has 0 heterocycles. The van der Waals surface area contributed by atoms with Crippen LogP contribution in [0, 0.1) is 0 Å². The SMILES string of the molecule is COc1cc(C=CC(=O)NCCCN(C)CCc2ccc(OC)c(OC)c2)cc(OC)c1. The van der Waals surface area contributed by atoms with Gasteiger partial charge in [0, 0.05) is 25.2 Å². The standard InChI is InChI=1S/C25H34N2O5/c1-27(14-11-19-7-9-23(31-4)24(17-19)32-5)13-6-12-26-25(28)10-8-20-15-21(29-2)18-22(16-20)30-3/h7-10,15-18H,6,11-14H2,1-5H3,(H,26,28). The lowest BCUT2D eigenvalue weighted by Crippen LogP contribution is -2.28. The van der Waals surface area contributed by atoms with Gasteiger partial charge in [0.05, 0.1) is 28.4 Å². The molecule has 0 spiro atoms. The topological polar surface area (TPSA) is 69.3 Å². The Hall–Kier alpha value is -3.19. The van der Waals surface area contributed by atoms with Crippen molar-refractivity contribution in [3.05, 3.63) is 53.6 Å². The molecule has 0 fully saturated rings. The summed E-state index contributed by atoms with van der Waals surface area (Å²) in [6.07, 6.45) is 5.05. The van der Waals surface area contributed by atoms with Crippen LogP contribution in [0.2, 0.25) is 0 Å². The van der Waals surface area contributed by atoms with Crippen molar-refractivity contribution in [2.75, 3.05) is 55.1 Å². The fourth-order valence-corrected chi connectivity index (χ4v) is 3.18. The number of nitrogens with zero attached hydrogens (tertiary/aromatic N) is 1. The minimum absolute atomic E-state index is 0.125. The average Bonchev–Trinajstić information content (AvgIpc) is 2.83. The Morgan fingerprint density at radius 1 is 0.906 bits per heavy atom. The number of carbonyl (C=O) groups is 1. The lowest BCUT2D eigenvalue weighted by atomic mass is 10.1. The molecule has 0 aliphatic rings. The van der Waals surface area contributed by atoms with Crippen molar-refractivity contribution in [1.29, 1.82) is 0 Å². The highest BCUT2D eigenvalue weighted by molar-refractivity contribution is 5.91. The summed E-state index contributed by atoms with van der Waals surface area (Å²) in [5.74, 6) is 2.72. The van der Waals surface area contributed by atoms with Gasteiger partial charge in [-0.1, -0.05) is 6.07 Å². The Morgan fingerprint density at radius 2 is 1.59 bits per heavy atom. The van der Waals surface area contributed by atoms with E-state index in [1.165, 1.54) is 11.6 Å². The molecule has 0 aromatic heterocycles. The monoisotopic (exact) mass is 442 g/mol. The van der Waals surface area contributed by atoms with Gasteiger partial charge in [0.25, 0.3) is 0 Å². The molecule has 0 saturated carbocycles. The second-order valence-electron chi connectivity index (χ2n) is 7.37. The van der Waals surface area contributed by atoms with Crippen molar-refractivity contribution in [2.24, 2.45) is 0 Å². The van der Waals surface area contributed by atoms with Crippen LogP contribution in [-0.2, 0) is 11.2 Å². The van der Waals surface area contributed by atoms with Crippen LogP contribution < -0.4 is 24.3 Å². The van der Waals surface area contributed by atoms with Crippen LogP contribution in [0.3, 0.4) is 0 Å². The van der Waals surface area contributed by atoms with E-state index in [1.54, 1.807) is 40.6 Å². The maximum absolute atomic E-state index is 12.1. The summed E-state index contributed by atoms with van der Waals surface area (Å²) in [6, 6.07) is 11.5. The van der Waals surface area contributed by atoms with Gasteiger partial charge in [0.15, 0.2) is 11.5 Å². The van der Waals surface area contributed by atoms with E-state index in [2.05, 4.69) is 23.3 Å². The number of ether oxygens (including phenoxy) is 4. The number of hydrogen-bond donors (Lipinski definition) is 1. The molecular weight excluding hydrogens is 408 g/mol. The molecule has 0 saturated heterocycles. The van der Waals surface area contributed by atoms with E-state index in [0.29, 0.717) is 18.0 Å². The van der Waals surface area contributed by atoms with Crippen molar-refractivity contribution in [1.82, 2.24) is 10.2 Å². The number of amides is 1. The van der Waals surface area contributed by atoms with E-state index in [4.69, 9.17) is 18.9 Å². The third-order valence-corrected chi connectivity index (χ3v) is 5.05. The molecule has 2 aromatic rings. The number of benzene rings is 2. The Kier molecular flexibility index (Phi) is 10.4. The van der Waals surface area contributed by atoms with E-state index in [9.17, 15) is 4.79 Å². The molecule has 7 heteroatoms. The van der Waals surface area contributed by atoms with E-state index >= 15 is 0 Å². The molecule has 0 bridgehead atoms. The predicted octanol–water partition coefficient (Wildman–Crippen LogP) is 3.42. The molecule has 0 radical (unpaired) electrons. The highest BCUT2D eigenvalue weighted by Gasteiger charge is 2.06. The molecule has 2 aromatic carbocycles. The average molecular weight is 443 g/mol. The second kappa shape index (κ2) is 13.3. The fourth-order valence-electron chi connectivity index (χ4n) is 3.18. The number of nitrogens with one attached hydrogen (secondary N) is 1. The zero-order valence-corrected chi connectivity index (χ0v) is 19.6. The Balaban J connectivity index is 1.70. The molecule has 7 nitrogen and oxygen atoms in total. The van der Waals surface area contributed by atoms with Gasteiger partial charge in [-0.15, -0.1) is 0 Å². The van der Waals surface area contributed by atoms with Crippen LogP contribution in [-0.4, -0.2) is 65.9 Å². The highest BCUT2D eigenvalue weighted by Crippen LogP contribution is 2.27. The molecule has 32 heavy (non-hydrogen) atoms. The maximum atomic E-state index is 12.1. The van der Waals surface area contributed by atoms with Crippen LogP contribution in [0.5, 0.6) is 23.0 Å². The molecule has 1 N–H and O–H groups in total. The van der Waals surface area contributed by atoms with Gasteiger partial charge in [-0.2, -0.15) is 0 Å². The summed E-state index contributed by atoms with van der Waals surface area (Å²) < 4.78 is 21.1. The lowest BCUT2D eigenvalue weighted by molar-refractivity contribution is -0.116. The number of hydrogen-bond acceptors (Lipinski definition) is 6. The van der Waals surface area contributed by atoms with Crippen molar-refractivity contribution in [3.8, 4) is 23.0 Å². The van der Waals surface area contributed by atoms with E-state index in [-0.39, 0.29) is 5.91 Å². The van der Waals surface area contributed by atoms with Gasteiger partial charge < -0.3 is 29.2 Å². The number of methoxy groups -OCH3 is 4. The van der Waals surface area contributed by atoms with Gasteiger partial charge in [0.2, 0.25) is 5.91 Å². The van der Waals surface area contributed by atoms with Gasteiger partial charge in [-0.3, -0.25) is 4.79 Å². The molecule has 0 atom stereocenters. The smallest absolute Gasteiger partial charge is 0.243 e. The summed E-state index contributed by atoms with van der Waals surface area (Å²) in [5, 5.41) is 2.92. The Bertz CT molecular complexity index is 876. The number of likely N-dealkylation sites (N-methyl/N-ethyl adjacent to an activating group) is 1. The van der Waals surface area contributed by atoms with E-state index in [0.717, 1.165) is 43.0 Å². The van der Waals surface area contributed by atoms with Gasteiger partial charge >= 0.3 is 0 Å². The van der Waals surface area contributed by atoms with Gasteiger partial charge in [-0.25, -0.2) is 0 Å². The molecular formula is C25H34N2O5. The first-order chi connectivity index (χ1) is 15.5.